The summed E-state index contributed by atoms with van der Waals surface area (Å²) in [6.45, 7) is 3.37. The van der Waals surface area contributed by atoms with Crippen molar-refractivity contribution >= 4 is 39.1 Å². The minimum absolute atomic E-state index is 0.0173. The van der Waals surface area contributed by atoms with Gasteiger partial charge in [-0.1, -0.05) is 37.6 Å². The number of carbonyl (C=O) groups excluding carboxylic acids is 2. The van der Waals surface area contributed by atoms with Crippen molar-refractivity contribution in [2.75, 3.05) is 23.7 Å². The number of amides is 2. The molecule has 0 saturated carbocycles. The van der Waals surface area contributed by atoms with Crippen molar-refractivity contribution in [3.63, 3.8) is 0 Å². The highest BCUT2D eigenvalue weighted by Gasteiger charge is 2.31. The molecule has 2 aromatic carbocycles. The van der Waals surface area contributed by atoms with Crippen molar-refractivity contribution in [2.24, 2.45) is 0 Å². The number of nitrogens with zero attached hydrogens (tertiary/aromatic N) is 2. The zero-order chi connectivity index (χ0) is 25.5. The number of hydrogen-bond donors (Lipinski definition) is 1. The molecule has 1 atom stereocenters. The molecule has 1 N–H and O–H groups in total. The van der Waals surface area contributed by atoms with Gasteiger partial charge in [-0.3, -0.25) is 13.9 Å². The first-order chi connectivity index (χ1) is 16.0. The highest BCUT2D eigenvalue weighted by molar-refractivity contribution is 7.92. The van der Waals surface area contributed by atoms with Gasteiger partial charge in [0.15, 0.2) is 11.6 Å². The number of benzene rings is 2. The fourth-order valence-corrected chi connectivity index (χ4v) is 4.29. The van der Waals surface area contributed by atoms with Gasteiger partial charge in [-0.15, -0.1) is 0 Å². The second-order valence-corrected chi connectivity index (χ2v) is 10.1. The number of nitrogens with one attached hydrogen (secondary N) is 1. The van der Waals surface area contributed by atoms with Crippen LogP contribution in [0.4, 0.5) is 14.5 Å². The summed E-state index contributed by atoms with van der Waals surface area (Å²) in [6, 6.07) is 8.36. The fraction of sp³-hybridized carbons (Fsp3) is 0.391. The van der Waals surface area contributed by atoms with Crippen LogP contribution in [-0.2, 0) is 26.2 Å². The van der Waals surface area contributed by atoms with Gasteiger partial charge in [0.05, 0.1) is 11.9 Å². The lowest BCUT2D eigenvalue weighted by Gasteiger charge is -2.32. The molecule has 0 heterocycles. The van der Waals surface area contributed by atoms with Crippen molar-refractivity contribution in [1.29, 1.82) is 0 Å². The standard InChI is InChI=1S/C23H28ClF2N3O4S/c1-4-12-27-23(31)21(5-2)28(14-16-6-8-17(24)9-7-16)22(30)15-29(34(3,32)33)18-10-11-19(25)20(26)13-18/h6-11,13,21H,4-5,12,14-15H2,1-3H3,(H,27,31)/t21-/m1/s1. The van der Waals surface area contributed by atoms with Gasteiger partial charge in [0, 0.05) is 24.2 Å². The summed E-state index contributed by atoms with van der Waals surface area (Å²) in [5, 5.41) is 3.26. The van der Waals surface area contributed by atoms with Crippen molar-refractivity contribution in [3.8, 4) is 0 Å². The molecular weight excluding hydrogens is 488 g/mol. The predicted octanol–water partition coefficient (Wildman–Crippen LogP) is 3.72. The van der Waals surface area contributed by atoms with E-state index in [1.165, 1.54) is 4.90 Å². The van der Waals surface area contributed by atoms with Crippen LogP contribution in [0.2, 0.25) is 5.02 Å². The third kappa shape index (κ3) is 7.39. The quantitative estimate of drug-likeness (QED) is 0.494. The number of carbonyl (C=O) groups is 2. The molecule has 7 nitrogen and oxygen atoms in total. The molecule has 2 aromatic rings. The number of anilines is 1. The lowest BCUT2D eigenvalue weighted by Crippen LogP contribution is -2.52. The van der Waals surface area contributed by atoms with E-state index in [1.54, 1.807) is 31.2 Å². The van der Waals surface area contributed by atoms with E-state index in [4.69, 9.17) is 11.6 Å². The molecule has 34 heavy (non-hydrogen) atoms. The predicted molar refractivity (Wildman–Crippen MR) is 128 cm³/mol. The van der Waals surface area contributed by atoms with Crippen LogP contribution in [0, 0.1) is 11.6 Å². The van der Waals surface area contributed by atoms with Crippen LogP contribution in [0.1, 0.15) is 32.3 Å². The summed E-state index contributed by atoms with van der Waals surface area (Å²) in [5.41, 5.74) is 0.475. The van der Waals surface area contributed by atoms with Crippen LogP contribution < -0.4 is 9.62 Å². The molecule has 0 radical (unpaired) electrons. The Morgan fingerprint density at radius 2 is 1.71 bits per heavy atom. The van der Waals surface area contributed by atoms with Crippen LogP contribution in [0.25, 0.3) is 0 Å². The monoisotopic (exact) mass is 515 g/mol. The molecule has 0 aliphatic rings. The Morgan fingerprint density at radius 1 is 1.06 bits per heavy atom. The fourth-order valence-electron chi connectivity index (χ4n) is 3.33. The first-order valence-electron chi connectivity index (χ1n) is 10.7. The second kappa shape index (κ2) is 12.1. The minimum atomic E-state index is -4.04. The normalized spacial score (nSPS) is 12.2. The van der Waals surface area contributed by atoms with Gasteiger partial charge >= 0.3 is 0 Å². The summed E-state index contributed by atoms with van der Waals surface area (Å²) in [4.78, 5) is 27.5. The second-order valence-electron chi connectivity index (χ2n) is 7.73. The molecule has 11 heteroatoms. The molecule has 0 aliphatic carbocycles. The Bertz CT molecular complexity index is 1110. The molecule has 0 aliphatic heterocycles. The molecule has 2 rings (SSSR count). The average molecular weight is 516 g/mol. The number of hydrogen-bond acceptors (Lipinski definition) is 4. The van der Waals surface area contributed by atoms with Crippen LogP contribution in [0.3, 0.4) is 0 Å². The molecule has 0 bridgehead atoms. The van der Waals surface area contributed by atoms with Gasteiger partial charge in [-0.05, 0) is 42.7 Å². The van der Waals surface area contributed by atoms with Gasteiger partial charge in [-0.25, -0.2) is 17.2 Å². The summed E-state index contributed by atoms with van der Waals surface area (Å²) in [5.74, 6) is -3.44. The minimum Gasteiger partial charge on any atom is -0.354 e. The largest absolute Gasteiger partial charge is 0.354 e. The lowest BCUT2D eigenvalue weighted by molar-refractivity contribution is -0.140. The molecule has 186 valence electrons. The van der Waals surface area contributed by atoms with E-state index < -0.39 is 40.2 Å². The van der Waals surface area contributed by atoms with Crippen molar-refractivity contribution in [2.45, 2.75) is 39.3 Å². The highest BCUT2D eigenvalue weighted by Crippen LogP contribution is 2.22. The highest BCUT2D eigenvalue weighted by atomic mass is 35.5. The Morgan fingerprint density at radius 3 is 2.24 bits per heavy atom. The van der Waals surface area contributed by atoms with Gasteiger partial charge in [0.2, 0.25) is 21.8 Å². The van der Waals surface area contributed by atoms with E-state index >= 15 is 0 Å². The van der Waals surface area contributed by atoms with E-state index in [0.717, 1.165) is 18.4 Å². The summed E-state index contributed by atoms with van der Waals surface area (Å²) in [6.07, 6.45) is 1.83. The van der Waals surface area contributed by atoms with Crippen LogP contribution in [-0.4, -0.2) is 50.5 Å². The van der Waals surface area contributed by atoms with Crippen molar-refractivity contribution in [1.82, 2.24) is 10.2 Å². The SMILES string of the molecule is CCCNC(=O)[C@@H](CC)N(Cc1ccc(Cl)cc1)C(=O)CN(c1ccc(F)c(F)c1)S(C)(=O)=O. The zero-order valence-electron chi connectivity index (χ0n) is 19.2. The molecular formula is C23H28ClF2N3O4S. The average Bonchev–Trinajstić information content (AvgIpc) is 2.78. The van der Waals surface area contributed by atoms with Crippen molar-refractivity contribution < 1.29 is 26.8 Å². The summed E-state index contributed by atoms with van der Waals surface area (Å²) >= 11 is 5.94. The Balaban J connectivity index is 2.43. The molecule has 2 amide bonds. The zero-order valence-corrected chi connectivity index (χ0v) is 20.8. The van der Waals surface area contributed by atoms with Gasteiger partial charge in [0.1, 0.15) is 12.6 Å². The van der Waals surface area contributed by atoms with Crippen LogP contribution >= 0.6 is 11.6 Å². The third-order valence-electron chi connectivity index (χ3n) is 5.07. The van der Waals surface area contributed by atoms with Crippen LogP contribution in [0.5, 0.6) is 0 Å². The molecule has 0 saturated heterocycles. The number of halogens is 3. The van der Waals surface area contributed by atoms with E-state index in [2.05, 4.69) is 5.32 Å². The number of rotatable bonds is 11. The van der Waals surface area contributed by atoms with E-state index in [9.17, 15) is 26.8 Å². The molecule has 0 aromatic heterocycles. The van der Waals surface area contributed by atoms with E-state index in [1.807, 2.05) is 6.92 Å². The van der Waals surface area contributed by atoms with Crippen LogP contribution in [0.15, 0.2) is 42.5 Å². The maximum atomic E-state index is 13.8. The summed E-state index contributed by atoms with van der Waals surface area (Å²) in [7, 11) is -4.04. The van der Waals surface area contributed by atoms with E-state index in [-0.39, 0.29) is 24.6 Å². The third-order valence-corrected chi connectivity index (χ3v) is 6.46. The van der Waals surface area contributed by atoms with Gasteiger partial charge in [0.25, 0.3) is 0 Å². The van der Waals surface area contributed by atoms with E-state index in [0.29, 0.717) is 33.9 Å². The number of sulfonamides is 1. The van der Waals surface area contributed by atoms with Gasteiger partial charge < -0.3 is 10.2 Å². The smallest absolute Gasteiger partial charge is 0.244 e. The first kappa shape index (κ1) is 27.5. The Labute approximate surface area is 203 Å². The van der Waals surface area contributed by atoms with Gasteiger partial charge in [-0.2, -0.15) is 0 Å². The summed E-state index contributed by atoms with van der Waals surface area (Å²) < 4.78 is 52.8. The lowest BCUT2D eigenvalue weighted by atomic mass is 10.1. The maximum absolute atomic E-state index is 13.8. The Kier molecular flexibility index (Phi) is 9.81. The molecule has 0 unspecified atom stereocenters. The molecule has 0 fully saturated rings. The first-order valence-corrected chi connectivity index (χ1v) is 12.9. The Hall–Kier alpha value is -2.72. The topological polar surface area (TPSA) is 86.8 Å². The molecule has 0 spiro atoms. The maximum Gasteiger partial charge on any atom is 0.244 e. The van der Waals surface area contributed by atoms with Crippen molar-refractivity contribution in [3.05, 3.63) is 64.7 Å².